The van der Waals surface area contributed by atoms with Crippen LogP contribution < -0.4 is 5.84 Å². The molecule has 0 spiro atoms. The molecule has 0 fully saturated rings. The molecule has 0 aliphatic carbocycles. The van der Waals surface area contributed by atoms with Crippen LogP contribution in [0, 0.1) is 4.77 Å². The summed E-state index contributed by atoms with van der Waals surface area (Å²) in [6, 6.07) is 0. The zero-order chi connectivity index (χ0) is 9.84. The molecule has 0 unspecified atom stereocenters. The van der Waals surface area contributed by atoms with Crippen LogP contribution in [0.5, 0.6) is 0 Å². The van der Waals surface area contributed by atoms with Crippen LogP contribution in [0.2, 0.25) is 0 Å². The highest BCUT2D eigenvalue weighted by Crippen LogP contribution is 1.97. The van der Waals surface area contributed by atoms with E-state index >= 15 is 0 Å². The second kappa shape index (κ2) is 4.04. The van der Waals surface area contributed by atoms with Crippen molar-refractivity contribution in [1.29, 1.82) is 0 Å². The first kappa shape index (κ1) is 9.72. The number of aryl methyl sites for hydroxylation is 1. The minimum Gasteiger partial charge on any atom is -0.469 e. The van der Waals surface area contributed by atoms with Gasteiger partial charge in [-0.05, 0) is 12.2 Å². The van der Waals surface area contributed by atoms with Crippen LogP contribution >= 0.6 is 12.2 Å². The highest BCUT2D eigenvalue weighted by molar-refractivity contribution is 7.71. The van der Waals surface area contributed by atoms with Gasteiger partial charge < -0.3 is 10.6 Å². The Morgan fingerprint density at radius 2 is 2.54 bits per heavy atom. The Bertz CT molecular complexity index is 356. The van der Waals surface area contributed by atoms with Crippen LogP contribution in [0.15, 0.2) is 0 Å². The molecule has 0 saturated heterocycles. The molecule has 1 aromatic rings. The third-order valence-corrected chi connectivity index (χ3v) is 1.85. The number of esters is 1. The number of methoxy groups -OCH3 is 1. The molecular weight excluding hydrogens is 192 g/mol. The smallest absolute Gasteiger partial charge is 0.305 e. The zero-order valence-corrected chi connectivity index (χ0v) is 7.93. The minimum atomic E-state index is -0.297. The fourth-order valence-corrected chi connectivity index (χ4v) is 0.981. The molecular formula is C6H10N4O2S. The van der Waals surface area contributed by atoms with Gasteiger partial charge >= 0.3 is 5.97 Å². The van der Waals surface area contributed by atoms with Gasteiger partial charge in [-0.2, -0.15) is 5.10 Å². The van der Waals surface area contributed by atoms with Crippen molar-refractivity contribution < 1.29 is 9.53 Å². The highest BCUT2D eigenvalue weighted by atomic mass is 32.1. The number of nitrogens with one attached hydrogen (secondary N) is 1. The number of ether oxygens (including phenoxy) is 1. The summed E-state index contributed by atoms with van der Waals surface area (Å²) in [5.74, 6) is 5.74. The summed E-state index contributed by atoms with van der Waals surface area (Å²) in [6.45, 7) is 0. The Morgan fingerprint density at radius 3 is 3.00 bits per heavy atom. The van der Waals surface area contributed by atoms with Crippen LogP contribution in [-0.4, -0.2) is 28.0 Å². The number of aromatic amines is 1. The first-order chi connectivity index (χ1) is 6.15. The molecule has 13 heavy (non-hydrogen) atoms. The highest BCUT2D eigenvalue weighted by Gasteiger charge is 2.06. The molecule has 3 N–H and O–H groups in total. The third-order valence-electron chi connectivity index (χ3n) is 1.56. The maximum Gasteiger partial charge on any atom is 0.305 e. The first-order valence-electron chi connectivity index (χ1n) is 3.63. The van der Waals surface area contributed by atoms with Gasteiger partial charge in [0.15, 0.2) is 5.82 Å². The number of hydrogen-bond donors (Lipinski definition) is 2. The second-order valence-electron chi connectivity index (χ2n) is 2.39. The molecule has 7 heteroatoms. The van der Waals surface area contributed by atoms with E-state index in [1.54, 1.807) is 0 Å². The van der Waals surface area contributed by atoms with Gasteiger partial charge in [-0.3, -0.25) is 9.89 Å². The van der Waals surface area contributed by atoms with Crippen molar-refractivity contribution in [2.24, 2.45) is 0 Å². The molecule has 0 aliphatic rings. The Balaban J connectivity index is 2.60. The molecule has 1 rings (SSSR count). The van der Waals surface area contributed by atoms with Crippen LogP contribution in [0.4, 0.5) is 0 Å². The fourth-order valence-electron chi connectivity index (χ4n) is 0.830. The lowest BCUT2D eigenvalue weighted by molar-refractivity contribution is -0.140. The Morgan fingerprint density at radius 1 is 1.85 bits per heavy atom. The average Bonchev–Trinajstić information content (AvgIpc) is 2.44. The molecule has 1 heterocycles. The van der Waals surface area contributed by atoms with Crippen molar-refractivity contribution >= 4 is 18.2 Å². The van der Waals surface area contributed by atoms with Crippen LogP contribution in [0.1, 0.15) is 12.2 Å². The lowest BCUT2D eigenvalue weighted by atomic mass is 10.3. The summed E-state index contributed by atoms with van der Waals surface area (Å²) in [4.78, 5) is 10.8. The molecule has 72 valence electrons. The molecule has 0 saturated carbocycles. The Kier molecular flexibility index (Phi) is 3.02. The van der Waals surface area contributed by atoms with Crippen LogP contribution in [0.3, 0.4) is 0 Å². The molecule has 6 nitrogen and oxygen atoms in total. The number of aromatic nitrogens is 3. The van der Waals surface area contributed by atoms with Gasteiger partial charge in [0.2, 0.25) is 4.77 Å². The summed E-state index contributed by atoms with van der Waals surface area (Å²) in [5, 5.41) is 6.35. The van der Waals surface area contributed by atoms with E-state index in [1.165, 1.54) is 11.8 Å². The van der Waals surface area contributed by atoms with Gasteiger partial charge in [0.25, 0.3) is 0 Å². The van der Waals surface area contributed by atoms with E-state index in [9.17, 15) is 4.79 Å². The minimum absolute atomic E-state index is 0.243. The van der Waals surface area contributed by atoms with Crippen molar-refractivity contribution in [2.75, 3.05) is 13.0 Å². The number of nitrogens with two attached hydrogens (primary N) is 1. The number of H-pyrrole nitrogens is 1. The van der Waals surface area contributed by atoms with E-state index in [0.29, 0.717) is 17.0 Å². The zero-order valence-electron chi connectivity index (χ0n) is 7.11. The maximum absolute atomic E-state index is 10.8. The van der Waals surface area contributed by atoms with Crippen molar-refractivity contribution in [3.63, 3.8) is 0 Å². The van der Waals surface area contributed by atoms with E-state index in [4.69, 9.17) is 18.1 Å². The second-order valence-corrected chi connectivity index (χ2v) is 2.78. The maximum atomic E-state index is 10.8. The summed E-state index contributed by atoms with van der Waals surface area (Å²) in [6.07, 6.45) is 0.656. The quantitative estimate of drug-likeness (QED) is 0.401. The molecule has 1 aromatic heterocycles. The van der Waals surface area contributed by atoms with Crippen LogP contribution in [0.25, 0.3) is 0 Å². The topological polar surface area (TPSA) is 85.9 Å². The molecule has 0 aliphatic heterocycles. The van der Waals surface area contributed by atoms with Crippen molar-refractivity contribution in [3.8, 4) is 0 Å². The number of hydrogen-bond acceptors (Lipinski definition) is 5. The SMILES string of the molecule is COC(=O)CCc1n[nH]c(=S)n1N. The number of carbonyl (C=O) groups excluding carboxylic acids is 1. The van der Waals surface area contributed by atoms with Gasteiger partial charge in [0, 0.05) is 6.42 Å². The molecule has 0 bridgehead atoms. The van der Waals surface area contributed by atoms with Gasteiger partial charge in [0.1, 0.15) is 0 Å². The molecule has 0 atom stereocenters. The largest absolute Gasteiger partial charge is 0.469 e. The monoisotopic (exact) mass is 202 g/mol. The van der Waals surface area contributed by atoms with E-state index in [-0.39, 0.29) is 12.4 Å². The number of nitrogen functional groups attached to an aromatic ring is 1. The standard InChI is InChI=1S/C6H10N4O2S/c1-12-5(11)3-2-4-8-9-6(13)10(4)7/h2-3,7H2,1H3,(H,9,13). The van der Waals surface area contributed by atoms with Gasteiger partial charge in [-0.15, -0.1) is 0 Å². The number of rotatable bonds is 3. The van der Waals surface area contributed by atoms with Crippen molar-refractivity contribution in [3.05, 3.63) is 10.6 Å². The summed E-state index contributed by atoms with van der Waals surface area (Å²) in [5.41, 5.74) is 0. The van der Waals surface area contributed by atoms with Crippen molar-refractivity contribution in [2.45, 2.75) is 12.8 Å². The van der Waals surface area contributed by atoms with E-state index in [2.05, 4.69) is 14.9 Å². The van der Waals surface area contributed by atoms with Crippen LogP contribution in [-0.2, 0) is 16.0 Å². The lowest BCUT2D eigenvalue weighted by Crippen LogP contribution is -2.14. The van der Waals surface area contributed by atoms with E-state index in [1.807, 2.05) is 0 Å². The van der Waals surface area contributed by atoms with E-state index < -0.39 is 0 Å². The normalized spacial score (nSPS) is 9.92. The molecule has 0 aromatic carbocycles. The first-order valence-corrected chi connectivity index (χ1v) is 4.04. The van der Waals surface area contributed by atoms with Gasteiger partial charge in [-0.1, -0.05) is 0 Å². The predicted molar refractivity (Wildman–Crippen MR) is 47.9 cm³/mol. The summed E-state index contributed by atoms with van der Waals surface area (Å²) >= 11 is 4.79. The average molecular weight is 202 g/mol. The molecule has 0 radical (unpaired) electrons. The van der Waals surface area contributed by atoms with Gasteiger partial charge in [-0.25, -0.2) is 4.68 Å². The number of carbonyl (C=O) groups is 1. The van der Waals surface area contributed by atoms with E-state index in [0.717, 1.165) is 0 Å². The Labute approximate surface area is 79.7 Å². The lowest BCUT2D eigenvalue weighted by Gasteiger charge is -1.98. The number of nitrogens with zero attached hydrogens (tertiary/aromatic N) is 2. The Hall–Kier alpha value is -1.37. The van der Waals surface area contributed by atoms with Crippen molar-refractivity contribution in [1.82, 2.24) is 14.9 Å². The third kappa shape index (κ3) is 2.28. The summed E-state index contributed by atoms with van der Waals surface area (Å²) < 4.78 is 6.03. The fraction of sp³-hybridized carbons (Fsp3) is 0.500. The molecule has 0 amide bonds. The predicted octanol–water partition coefficient (Wildman–Crippen LogP) is -0.240. The van der Waals surface area contributed by atoms with Gasteiger partial charge in [0.05, 0.1) is 13.5 Å². The summed E-state index contributed by atoms with van der Waals surface area (Å²) in [7, 11) is 1.34.